The van der Waals surface area contributed by atoms with Crippen molar-refractivity contribution in [1.82, 2.24) is 0 Å². The van der Waals surface area contributed by atoms with Gasteiger partial charge in [-0.05, 0) is 13.3 Å². The molecule has 0 radical (unpaired) electrons. The van der Waals surface area contributed by atoms with Crippen molar-refractivity contribution in [2.24, 2.45) is 0 Å². The quantitative estimate of drug-likeness (QED) is 0.396. The average molecular weight is 198 g/mol. The third-order valence-corrected chi connectivity index (χ3v) is 1.62. The van der Waals surface area contributed by atoms with Crippen molar-refractivity contribution in [3.63, 3.8) is 0 Å². The van der Waals surface area contributed by atoms with E-state index in [9.17, 15) is 0 Å². The number of ether oxygens (including phenoxy) is 1. The predicted molar refractivity (Wildman–Crippen MR) is 44.4 cm³/mol. The van der Waals surface area contributed by atoms with Gasteiger partial charge in [0.05, 0.1) is 12.7 Å². The van der Waals surface area contributed by atoms with Crippen LogP contribution in [0.15, 0.2) is 0 Å². The highest BCUT2D eigenvalue weighted by Crippen LogP contribution is 2.26. The monoisotopic (exact) mass is 198 g/mol. The fraction of sp³-hybridized carbons (Fsp3) is 1.00. The Kier molecular flexibility index (Phi) is 8.01. The van der Waals surface area contributed by atoms with Gasteiger partial charge in [0, 0.05) is 13.2 Å². The molecule has 0 heterocycles. The molecular weight excluding hydrogens is 183 g/mol. The number of rotatable bonds is 7. The zero-order chi connectivity index (χ0) is 9.40. The van der Waals surface area contributed by atoms with E-state index in [2.05, 4.69) is 4.52 Å². The Balaban J connectivity index is 3.14. The van der Waals surface area contributed by atoms with E-state index in [1.807, 2.05) is 0 Å². The van der Waals surface area contributed by atoms with Gasteiger partial charge in [-0.3, -0.25) is 0 Å². The molecule has 0 bridgehead atoms. The summed E-state index contributed by atoms with van der Waals surface area (Å²) in [6, 6.07) is 0. The second kappa shape index (κ2) is 7.86. The molecule has 0 aromatic carbocycles. The van der Waals surface area contributed by atoms with E-state index in [4.69, 9.17) is 19.6 Å². The molecule has 6 heteroatoms. The molecule has 74 valence electrons. The summed E-state index contributed by atoms with van der Waals surface area (Å²) in [4.78, 5) is 16.9. The Morgan fingerprint density at radius 2 is 2.08 bits per heavy atom. The molecule has 0 aromatic rings. The van der Waals surface area contributed by atoms with Crippen LogP contribution in [-0.2, 0) is 9.26 Å². The van der Waals surface area contributed by atoms with E-state index in [1.54, 1.807) is 6.92 Å². The molecule has 3 N–H and O–H groups in total. The summed E-state index contributed by atoms with van der Waals surface area (Å²) in [6.45, 7) is 2.54. The third kappa shape index (κ3) is 8.33. The standard InChI is InChI=1S/C6H15O5P/c1-6(11-12(8)9)5-10-4-2-3-7/h6-9H,2-5H2,1H3. The molecule has 0 fully saturated rings. The normalized spacial score (nSPS) is 13.8. The Bertz CT molecular complexity index is 99.9. The zero-order valence-electron chi connectivity index (χ0n) is 7.01. The van der Waals surface area contributed by atoms with E-state index in [-0.39, 0.29) is 12.7 Å². The Hall–Kier alpha value is 0.230. The molecule has 0 spiro atoms. The number of aliphatic hydroxyl groups is 1. The lowest BCUT2D eigenvalue weighted by molar-refractivity contribution is 0.0458. The first-order valence-corrected chi connectivity index (χ1v) is 4.86. The summed E-state index contributed by atoms with van der Waals surface area (Å²) < 4.78 is 9.66. The molecule has 1 atom stereocenters. The summed E-state index contributed by atoms with van der Waals surface area (Å²) in [5.41, 5.74) is 0. The average Bonchev–Trinajstić information content (AvgIpc) is 1.97. The van der Waals surface area contributed by atoms with Gasteiger partial charge in [0.1, 0.15) is 0 Å². The fourth-order valence-electron chi connectivity index (χ4n) is 0.607. The van der Waals surface area contributed by atoms with Gasteiger partial charge in [-0.2, -0.15) is 0 Å². The number of hydrogen-bond acceptors (Lipinski definition) is 5. The van der Waals surface area contributed by atoms with Crippen LogP contribution >= 0.6 is 8.60 Å². The van der Waals surface area contributed by atoms with Crippen molar-refractivity contribution in [2.75, 3.05) is 19.8 Å². The van der Waals surface area contributed by atoms with E-state index in [0.29, 0.717) is 19.6 Å². The molecule has 0 aliphatic heterocycles. The van der Waals surface area contributed by atoms with Crippen LogP contribution in [0, 0.1) is 0 Å². The van der Waals surface area contributed by atoms with Crippen molar-refractivity contribution >= 4 is 8.60 Å². The second-order valence-electron chi connectivity index (χ2n) is 2.32. The van der Waals surface area contributed by atoms with Crippen molar-refractivity contribution in [1.29, 1.82) is 0 Å². The second-order valence-corrected chi connectivity index (χ2v) is 3.04. The lowest BCUT2D eigenvalue weighted by Gasteiger charge is -2.12. The molecule has 0 aromatic heterocycles. The summed E-state index contributed by atoms with van der Waals surface area (Å²) >= 11 is 0. The van der Waals surface area contributed by atoms with Gasteiger partial charge in [0.2, 0.25) is 0 Å². The first kappa shape index (κ1) is 12.2. The molecular formula is C6H15O5P. The van der Waals surface area contributed by atoms with Crippen molar-refractivity contribution in [3.8, 4) is 0 Å². The van der Waals surface area contributed by atoms with Crippen molar-refractivity contribution in [2.45, 2.75) is 19.4 Å². The van der Waals surface area contributed by atoms with Crippen LogP contribution < -0.4 is 0 Å². The lowest BCUT2D eigenvalue weighted by atomic mass is 10.4. The van der Waals surface area contributed by atoms with E-state index < -0.39 is 8.60 Å². The van der Waals surface area contributed by atoms with Gasteiger partial charge in [-0.15, -0.1) is 0 Å². The van der Waals surface area contributed by atoms with Crippen LogP contribution in [0.1, 0.15) is 13.3 Å². The summed E-state index contributed by atoms with van der Waals surface area (Å²) in [5, 5.41) is 8.39. The molecule has 1 unspecified atom stereocenters. The molecule has 0 rings (SSSR count). The molecule has 0 amide bonds. The minimum absolute atomic E-state index is 0.0992. The van der Waals surface area contributed by atoms with E-state index in [0.717, 1.165) is 0 Å². The van der Waals surface area contributed by atoms with Crippen LogP contribution in [0.3, 0.4) is 0 Å². The highest BCUT2D eigenvalue weighted by molar-refractivity contribution is 7.39. The van der Waals surface area contributed by atoms with Gasteiger partial charge in [-0.25, -0.2) is 0 Å². The van der Waals surface area contributed by atoms with Gasteiger partial charge >= 0.3 is 8.60 Å². The fourth-order valence-corrected chi connectivity index (χ4v) is 0.990. The highest BCUT2D eigenvalue weighted by Gasteiger charge is 2.07. The predicted octanol–water partition coefficient (Wildman–Crippen LogP) is 0.00200. The SMILES string of the molecule is CC(COCCCO)OP(O)O. The maximum absolute atomic E-state index is 8.43. The Morgan fingerprint density at radius 1 is 1.42 bits per heavy atom. The minimum atomic E-state index is -2.29. The summed E-state index contributed by atoms with van der Waals surface area (Å²) in [6.07, 6.45) is 0.254. The van der Waals surface area contributed by atoms with Crippen molar-refractivity contribution in [3.05, 3.63) is 0 Å². The lowest BCUT2D eigenvalue weighted by Crippen LogP contribution is -2.14. The first-order valence-electron chi connectivity index (χ1n) is 3.70. The van der Waals surface area contributed by atoms with E-state index in [1.165, 1.54) is 0 Å². The molecule has 0 aliphatic rings. The maximum Gasteiger partial charge on any atom is 0.327 e. The molecule has 0 saturated heterocycles. The maximum atomic E-state index is 8.43. The molecule has 12 heavy (non-hydrogen) atoms. The highest BCUT2D eigenvalue weighted by atomic mass is 31.2. The summed E-state index contributed by atoms with van der Waals surface area (Å²) in [5.74, 6) is 0. The number of hydrogen-bond donors (Lipinski definition) is 3. The van der Waals surface area contributed by atoms with Crippen molar-refractivity contribution < 1.29 is 24.2 Å². The zero-order valence-corrected chi connectivity index (χ0v) is 7.91. The van der Waals surface area contributed by atoms with Gasteiger partial charge in [0.25, 0.3) is 0 Å². The first-order chi connectivity index (χ1) is 5.66. The van der Waals surface area contributed by atoms with Crippen LogP contribution in [0.2, 0.25) is 0 Å². The van der Waals surface area contributed by atoms with Crippen LogP contribution in [0.4, 0.5) is 0 Å². The molecule has 0 aliphatic carbocycles. The van der Waals surface area contributed by atoms with Gasteiger partial charge in [-0.1, -0.05) is 0 Å². The Labute approximate surface area is 72.9 Å². The summed E-state index contributed by atoms with van der Waals surface area (Å²) in [7, 11) is -2.29. The third-order valence-electron chi connectivity index (χ3n) is 1.07. The van der Waals surface area contributed by atoms with E-state index >= 15 is 0 Å². The van der Waals surface area contributed by atoms with Crippen LogP contribution in [0.5, 0.6) is 0 Å². The topological polar surface area (TPSA) is 79.2 Å². The molecule has 5 nitrogen and oxygen atoms in total. The minimum Gasteiger partial charge on any atom is -0.396 e. The van der Waals surface area contributed by atoms with Gasteiger partial charge in [0.15, 0.2) is 0 Å². The van der Waals surface area contributed by atoms with Crippen LogP contribution in [-0.4, -0.2) is 40.8 Å². The van der Waals surface area contributed by atoms with Crippen LogP contribution in [0.25, 0.3) is 0 Å². The number of aliphatic hydroxyl groups excluding tert-OH is 1. The Morgan fingerprint density at radius 3 is 2.58 bits per heavy atom. The largest absolute Gasteiger partial charge is 0.396 e. The van der Waals surface area contributed by atoms with Gasteiger partial charge < -0.3 is 24.2 Å². The molecule has 0 saturated carbocycles. The smallest absolute Gasteiger partial charge is 0.327 e.